The zero-order valence-electron chi connectivity index (χ0n) is 3.83. The van der Waals surface area contributed by atoms with Gasteiger partial charge in [0.15, 0.2) is 0 Å². The Morgan fingerprint density at radius 1 is 1.75 bits per heavy atom. The van der Waals surface area contributed by atoms with Gasteiger partial charge in [0, 0.05) is 0 Å². The average Bonchev–Trinajstić information content (AvgIpc) is 2.12. The van der Waals surface area contributed by atoms with E-state index in [1.165, 1.54) is 0 Å². The van der Waals surface area contributed by atoms with Crippen LogP contribution in [0.15, 0.2) is 17.0 Å². The Morgan fingerprint density at radius 3 is 2.75 bits per heavy atom. The number of carbonyl (C=O) groups excluding carboxylic acids is 1. The van der Waals surface area contributed by atoms with Gasteiger partial charge >= 0.3 is 5.97 Å². The summed E-state index contributed by atoms with van der Waals surface area (Å²) in [5, 5.41) is 13.0. The third-order valence-corrected chi connectivity index (χ3v) is 0.668. The van der Waals surface area contributed by atoms with Gasteiger partial charge in [-0.2, -0.15) is 0 Å². The smallest absolute Gasteiger partial charge is 0.364 e. The fraction of sp³-hybridized carbons (Fsp3) is 0. The summed E-state index contributed by atoms with van der Waals surface area (Å²) >= 11 is 0. The van der Waals surface area contributed by atoms with Crippen LogP contribution in [0, 0.1) is 0 Å². The standard InChI is InChI=1S/C4H2NO3/c6-4(7)3-1-5-8-2-3/h1-2H. The molecule has 8 heavy (non-hydrogen) atoms. The van der Waals surface area contributed by atoms with Gasteiger partial charge in [0.25, 0.3) is 0 Å². The molecule has 4 nitrogen and oxygen atoms in total. The number of hydrogen-bond donors (Lipinski definition) is 0. The summed E-state index contributed by atoms with van der Waals surface area (Å²) in [5.74, 6) is -1.27. The zero-order valence-corrected chi connectivity index (χ0v) is 3.83. The average molecular weight is 112 g/mol. The molecule has 41 valence electrons. The molecule has 1 aromatic heterocycles. The lowest BCUT2D eigenvalue weighted by Crippen LogP contribution is -1.88. The molecular weight excluding hydrogens is 110 g/mol. The van der Waals surface area contributed by atoms with E-state index in [4.69, 9.17) is 0 Å². The highest BCUT2D eigenvalue weighted by molar-refractivity contribution is 5.86. The van der Waals surface area contributed by atoms with Crippen LogP contribution in [0.2, 0.25) is 0 Å². The highest BCUT2D eigenvalue weighted by atomic mass is 16.5. The van der Waals surface area contributed by atoms with Crippen LogP contribution in [-0.2, 0) is 5.11 Å². The first-order valence-corrected chi connectivity index (χ1v) is 1.91. The molecule has 1 radical (unpaired) electrons. The number of carbonyl (C=O) groups is 1. The third-order valence-electron chi connectivity index (χ3n) is 0.668. The molecule has 0 saturated heterocycles. The van der Waals surface area contributed by atoms with Crippen LogP contribution in [0.4, 0.5) is 0 Å². The molecule has 0 amide bonds. The summed E-state index contributed by atoms with van der Waals surface area (Å²) in [4.78, 5) is 9.85. The monoisotopic (exact) mass is 112 g/mol. The minimum atomic E-state index is -1.27. The minimum Gasteiger partial charge on any atom is -0.364 e. The molecular formula is C4H2NO3. The van der Waals surface area contributed by atoms with E-state index in [0.717, 1.165) is 12.5 Å². The van der Waals surface area contributed by atoms with E-state index in [1.807, 2.05) is 0 Å². The maximum atomic E-state index is 9.85. The van der Waals surface area contributed by atoms with Crippen LogP contribution >= 0.6 is 0 Å². The van der Waals surface area contributed by atoms with Crippen LogP contribution in [-0.4, -0.2) is 11.1 Å². The Hall–Kier alpha value is -1.32. The lowest BCUT2D eigenvalue weighted by atomic mass is 10.4. The molecule has 0 saturated carbocycles. The Bertz CT molecular complexity index is 179. The van der Waals surface area contributed by atoms with E-state index in [1.54, 1.807) is 0 Å². The molecule has 1 aromatic rings. The highest BCUT2D eigenvalue weighted by Crippen LogP contribution is 1.94. The summed E-state index contributed by atoms with van der Waals surface area (Å²) < 4.78 is 4.20. The van der Waals surface area contributed by atoms with E-state index in [2.05, 4.69) is 9.68 Å². The Balaban J connectivity index is 2.93. The molecule has 0 fully saturated rings. The highest BCUT2D eigenvalue weighted by Gasteiger charge is 2.04. The van der Waals surface area contributed by atoms with Crippen molar-refractivity contribution >= 4 is 5.97 Å². The van der Waals surface area contributed by atoms with E-state index in [-0.39, 0.29) is 5.56 Å². The molecule has 1 rings (SSSR count). The molecule has 0 aliphatic carbocycles. The van der Waals surface area contributed by atoms with Crippen molar-refractivity contribution in [3.05, 3.63) is 18.0 Å². The third kappa shape index (κ3) is 0.676. The van der Waals surface area contributed by atoms with Crippen molar-refractivity contribution in [3.8, 4) is 0 Å². The van der Waals surface area contributed by atoms with Crippen molar-refractivity contribution in [2.45, 2.75) is 0 Å². The van der Waals surface area contributed by atoms with Crippen molar-refractivity contribution in [2.75, 3.05) is 0 Å². The van der Waals surface area contributed by atoms with Crippen LogP contribution in [0.5, 0.6) is 0 Å². The summed E-state index contributed by atoms with van der Waals surface area (Å²) in [7, 11) is 0. The number of nitrogens with zero attached hydrogens (tertiary/aromatic N) is 1. The fourth-order valence-electron chi connectivity index (χ4n) is 0.306. The van der Waals surface area contributed by atoms with Gasteiger partial charge < -0.3 is 4.52 Å². The topological polar surface area (TPSA) is 63.0 Å². The lowest BCUT2D eigenvalue weighted by molar-refractivity contribution is 0.0572. The predicted octanol–water partition coefficient (Wildman–Crippen LogP) is 0.245. The van der Waals surface area contributed by atoms with Gasteiger partial charge in [0.1, 0.15) is 11.8 Å². The van der Waals surface area contributed by atoms with Crippen LogP contribution in [0.25, 0.3) is 0 Å². The van der Waals surface area contributed by atoms with E-state index in [9.17, 15) is 9.90 Å². The molecule has 4 heteroatoms. The van der Waals surface area contributed by atoms with Crippen LogP contribution in [0.3, 0.4) is 0 Å². The Labute approximate surface area is 44.7 Å². The fourth-order valence-corrected chi connectivity index (χ4v) is 0.306. The molecule has 0 unspecified atom stereocenters. The summed E-state index contributed by atoms with van der Waals surface area (Å²) in [6, 6.07) is 0. The molecule has 1 heterocycles. The van der Waals surface area contributed by atoms with Gasteiger partial charge in [-0.3, -0.25) is 0 Å². The van der Waals surface area contributed by atoms with Crippen molar-refractivity contribution in [1.29, 1.82) is 0 Å². The quantitative estimate of drug-likeness (QED) is 0.522. The van der Waals surface area contributed by atoms with E-state index >= 15 is 0 Å². The second-order valence-electron chi connectivity index (χ2n) is 1.20. The summed E-state index contributed by atoms with van der Waals surface area (Å²) in [6.07, 6.45) is 2.09. The molecule has 0 aliphatic rings. The van der Waals surface area contributed by atoms with Gasteiger partial charge in [-0.1, -0.05) is 5.16 Å². The predicted molar refractivity (Wildman–Crippen MR) is 21.5 cm³/mol. The van der Waals surface area contributed by atoms with Crippen molar-refractivity contribution in [2.24, 2.45) is 0 Å². The minimum absolute atomic E-state index is 0.0370. The Morgan fingerprint density at radius 2 is 2.50 bits per heavy atom. The lowest BCUT2D eigenvalue weighted by Gasteiger charge is -1.70. The largest absolute Gasteiger partial charge is 0.391 e. The number of aromatic nitrogens is 1. The van der Waals surface area contributed by atoms with E-state index < -0.39 is 5.97 Å². The first-order valence-electron chi connectivity index (χ1n) is 1.91. The number of hydrogen-bond acceptors (Lipinski definition) is 3. The molecule has 0 bridgehead atoms. The van der Waals surface area contributed by atoms with E-state index in [0.29, 0.717) is 0 Å². The normalized spacial score (nSPS) is 9.00. The maximum absolute atomic E-state index is 9.85. The molecule has 0 aliphatic heterocycles. The first kappa shape index (κ1) is 4.83. The van der Waals surface area contributed by atoms with Gasteiger partial charge in [0.2, 0.25) is 0 Å². The number of rotatable bonds is 1. The molecule has 0 N–H and O–H groups in total. The zero-order chi connectivity index (χ0) is 5.98. The van der Waals surface area contributed by atoms with Crippen molar-refractivity contribution in [1.82, 2.24) is 5.16 Å². The second-order valence-corrected chi connectivity index (χ2v) is 1.20. The van der Waals surface area contributed by atoms with Gasteiger partial charge in [0.05, 0.1) is 6.20 Å². The van der Waals surface area contributed by atoms with Crippen LogP contribution < -0.4 is 0 Å². The SMILES string of the molecule is [O]C(=O)c1cnoc1. The molecule has 0 spiro atoms. The van der Waals surface area contributed by atoms with Gasteiger partial charge in [-0.25, -0.2) is 9.90 Å². The van der Waals surface area contributed by atoms with Crippen molar-refractivity contribution < 1.29 is 14.4 Å². The second kappa shape index (κ2) is 1.65. The van der Waals surface area contributed by atoms with Gasteiger partial charge in [-0.05, 0) is 0 Å². The van der Waals surface area contributed by atoms with Crippen LogP contribution in [0.1, 0.15) is 10.4 Å². The Kier molecular flexibility index (Phi) is 0.997. The molecule has 0 atom stereocenters. The van der Waals surface area contributed by atoms with Gasteiger partial charge in [-0.15, -0.1) is 0 Å². The molecule has 0 aromatic carbocycles. The summed E-state index contributed by atoms with van der Waals surface area (Å²) in [5.41, 5.74) is -0.0370. The maximum Gasteiger partial charge on any atom is 0.391 e. The van der Waals surface area contributed by atoms with Crippen molar-refractivity contribution in [3.63, 3.8) is 0 Å². The summed E-state index contributed by atoms with van der Waals surface area (Å²) in [6.45, 7) is 0. The first-order chi connectivity index (χ1) is 3.80.